The molecule has 4 rings (SSSR count). The predicted molar refractivity (Wildman–Crippen MR) is 135 cm³/mol. The van der Waals surface area contributed by atoms with Gasteiger partial charge < -0.3 is 19.7 Å². The second-order valence-corrected chi connectivity index (χ2v) is 7.61. The van der Waals surface area contributed by atoms with E-state index >= 15 is 0 Å². The van der Waals surface area contributed by atoms with E-state index in [2.05, 4.69) is 5.32 Å². The van der Waals surface area contributed by atoms with Gasteiger partial charge in [0.05, 0.1) is 12.8 Å². The summed E-state index contributed by atoms with van der Waals surface area (Å²) in [5.41, 5.74) is 1.99. The van der Waals surface area contributed by atoms with E-state index in [1.54, 1.807) is 48.4 Å². The second-order valence-electron chi connectivity index (χ2n) is 7.61. The summed E-state index contributed by atoms with van der Waals surface area (Å²) in [5.74, 6) is 0.645. The molecule has 1 N–H and O–H groups in total. The average molecular weight is 455 g/mol. The number of fused-ring (bicyclic) bond motifs is 1. The SMILES string of the molecule is CCN(C(=O)c1ccc(NC(=O)COc2ccccc2OC)cc1)c1cccc2ccccc12. The van der Waals surface area contributed by atoms with Crippen molar-refractivity contribution in [1.82, 2.24) is 0 Å². The summed E-state index contributed by atoms with van der Waals surface area (Å²) in [6, 6.07) is 28.0. The zero-order chi connectivity index (χ0) is 23.9. The summed E-state index contributed by atoms with van der Waals surface area (Å²) in [7, 11) is 1.55. The minimum Gasteiger partial charge on any atom is -0.493 e. The molecule has 0 bridgehead atoms. The first kappa shape index (κ1) is 22.9. The molecule has 0 unspecified atom stereocenters. The molecule has 0 saturated carbocycles. The molecular formula is C28H26N2O4. The first-order valence-electron chi connectivity index (χ1n) is 11.1. The zero-order valence-electron chi connectivity index (χ0n) is 19.2. The van der Waals surface area contributed by atoms with Crippen molar-refractivity contribution < 1.29 is 19.1 Å². The van der Waals surface area contributed by atoms with Crippen LogP contribution in [0.1, 0.15) is 17.3 Å². The van der Waals surface area contributed by atoms with Crippen LogP contribution >= 0.6 is 0 Å². The number of benzene rings is 4. The Bertz CT molecular complexity index is 1300. The molecule has 0 aliphatic rings. The number of carbonyl (C=O) groups is 2. The third-order valence-corrected chi connectivity index (χ3v) is 5.46. The summed E-state index contributed by atoms with van der Waals surface area (Å²) in [6.07, 6.45) is 0. The van der Waals surface area contributed by atoms with Crippen LogP contribution in [-0.4, -0.2) is 32.1 Å². The van der Waals surface area contributed by atoms with Crippen molar-refractivity contribution in [3.05, 3.63) is 96.6 Å². The summed E-state index contributed by atoms with van der Waals surface area (Å²) in [4.78, 5) is 27.4. The van der Waals surface area contributed by atoms with Gasteiger partial charge in [-0.2, -0.15) is 0 Å². The Hall–Kier alpha value is -4.32. The molecule has 0 saturated heterocycles. The highest BCUT2D eigenvalue weighted by atomic mass is 16.5. The van der Waals surface area contributed by atoms with Crippen LogP contribution in [0.25, 0.3) is 10.8 Å². The molecule has 0 aliphatic heterocycles. The fourth-order valence-electron chi connectivity index (χ4n) is 3.80. The number of hydrogen-bond acceptors (Lipinski definition) is 4. The average Bonchev–Trinajstić information content (AvgIpc) is 2.88. The van der Waals surface area contributed by atoms with Gasteiger partial charge in [0.15, 0.2) is 18.1 Å². The van der Waals surface area contributed by atoms with E-state index in [-0.39, 0.29) is 18.4 Å². The van der Waals surface area contributed by atoms with Gasteiger partial charge >= 0.3 is 0 Å². The molecule has 34 heavy (non-hydrogen) atoms. The van der Waals surface area contributed by atoms with E-state index in [1.165, 1.54) is 0 Å². The fourth-order valence-corrected chi connectivity index (χ4v) is 3.80. The Morgan fingerprint density at radius 3 is 2.24 bits per heavy atom. The molecule has 6 nitrogen and oxygen atoms in total. The third kappa shape index (κ3) is 5.02. The Kier molecular flexibility index (Phi) is 7.08. The summed E-state index contributed by atoms with van der Waals surface area (Å²) in [5, 5.41) is 4.90. The first-order chi connectivity index (χ1) is 16.6. The number of nitrogens with one attached hydrogen (secondary N) is 1. The fraction of sp³-hybridized carbons (Fsp3) is 0.143. The highest BCUT2D eigenvalue weighted by molar-refractivity contribution is 6.11. The van der Waals surface area contributed by atoms with Crippen LogP contribution < -0.4 is 19.7 Å². The van der Waals surface area contributed by atoms with Crippen LogP contribution in [0.15, 0.2) is 91.0 Å². The monoisotopic (exact) mass is 454 g/mol. The van der Waals surface area contributed by atoms with Crippen molar-refractivity contribution in [3.8, 4) is 11.5 Å². The predicted octanol–water partition coefficient (Wildman–Crippen LogP) is 5.53. The number of para-hydroxylation sites is 2. The minimum atomic E-state index is -0.309. The van der Waals surface area contributed by atoms with E-state index in [0.29, 0.717) is 29.3 Å². The number of nitrogens with zero attached hydrogens (tertiary/aromatic N) is 1. The molecule has 0 atom stereocenters. The number of carbonyl (C=O) groups excluding carboxylic acids is 2. The van der Waals surface area contributed by atoms with Gasteiger partial charge in [0.2, 0.25) is 0 Å². The van der Waals surface area contributed by atoms with Crippen molar-refractivity contribution in [1.29, 1.82) is 0 Å². The molecule has 4 aromatic rings. The second kappa shape index (κ2) is 10.5. The number of anilines is 2. The van der Waals surface area contributed by atoms with Gasteiger partial charge in [-0.15, -0.1) is 0 Å². The van der Waals surface area contributed by atoms with Crippen LogP contribution in [-0.2, 0) is 4.79 Å². The first-order valence-corrected chi connectivity index (χ1v) is 11.1. The lowest BCUT2D eigenvalue weighted by Crippen LogP contribution is -2.30. The van der Waals surface area contributed by atoms with Crippen LogP contribution in [0.3, 0.4) is 0 Å². The Morgan fingerprint density at radius 2 is 1.50 bits per heavy atom. The number of methoxy groups -OCH3 is 1. The minimum absolute atomic E-state index is 0.101. The lowest BCUT2D eigenvalue weighted by Gasteiger charge is -2.23. The molecule has 0 heterocycles. The normalized spacial score (nSPS) is 10.5. The molecule has 172 valence electrons. The van der Waals surface area contributed by atoms with E-state index in [0.717, 1.165) is 16.5 Å². The molecule has 0 aliphatic carbocycles. The molecule has 4 aromatic carbocycles. The maximum Gasteiger partial charge on any atom is 0.262 e. The van der Waals surface area contributed by atoms with Gasteiger partial charge in [-0.25, -0.2) is 0 Å². The molecule has 0 fully saturated rings. The summed E-state index contributed by atoms with van der Waals surface area (Å²) < 4.78 is 10.8. The Balaban J connectivity index is 1.43. The number of amides is 2. The van der Waals surface area contributed by atoms with Crippen LogP contribution in [0.5, 0.6) is 11.5 Å². The Morgan fingerprint density at radius 1 is 0.824 bits per heavy atom. The molecule has 2 amide bonds. The largest absolute Gasteiger partial charge is 0.493 e. The van der Waals surface area contributed by atoms with Gasteiger partial charge in [0.25, 0.3) is 11.8 Å². The van der Waals surface area contributed by atoms with E-state index in [1.807, 2.05) is 61.5 Å². The van der Waals surface area contributed by atoms with Crippen LogP contribution in [0.4, 0.5) is 11.4 Å². The van der Waals surface area contributed by atoms with Crippen molar-refractivity contribution in [3.63, 3.8) is 0 Å². The van der Waals surface area contributed by atoms with Crippen LogP contribution in [0, 0.1) is 0 Å². The maximum atomic E-state index is 13.3. The quantitative estimate of drug-likeness (QED) is 0.380. The van der Waals surface area contributed by atoms with Gasteiger partial charge in [0, 0.05) is 23.2 Å². The van der Waals surface area contributed by atoms with Crippen molar-refractivity contribution in [2.75, 3.05) is 30.5 Å². The molecule has 6 heteroatoms. The van der Waals surface area contributed by atoms with Gasteiger partial charge in [-0.05, 0) is 54.8 Å². The van der Waals surface area contributed by atoms with E-state index in [9.17, 15) is 9.59 Å². The molecular weight excluding hydrogens is 428 g/mol. The van der Waals surface area contributed by atoms with Gasteiger partial charge in [-0.1, -0.05) is 48.5 Å². The van der Waals surface area contributed by atoms with Crippen LogP contribution in [0.2, 0.25) is 0 Å². The highest BCUT2D eigenvalue weighted by Gasteiger charge is 2.18. The number of ether oxygens (including phenoxy) is 2. The Labute approximate surface area is 198 Å². The standard InChI is InChI=1S/C28H26N2O4/c1-3-30(24-12-8-10-20-9-4-5-11-23(20)24)28(32)21-15-17-22(18-16-21)29-27(31)19-34-26-14-7-6-13-25(26)33-2/h4-18H,3,19H2,1-2H3,(H,29,31). The number of rotatable bonds is 8. The lowest BCUT2D eigenvalue weighted by molar-refractivity contribution is -0.118. The van der Waals surface area contributed by atoms with E-state index in [4.69, 9.17) is 9.47 Å². The van der Waals surface area contributed by atoms with Gasteiger partial charge in [-0.3, -0.25) is 9.59 Å². The van der Waals surface area contributed by atoms with Crippen molar-refractivity contribution in [2.24, 2.45) is 0 Å². The lowest BCUT2D eigenvalue weighted by atomic mass is 10.1. The topological polar surface area (TPSA) is 67.9 Å². The van der Waals surface area contributed by atoms with E-state index < -0.39 is 0 Å². The highest BCUT2D eigenvalue weighted by Crippen LogP contribution is 2.28. The molecule has 0 radical (unpaired) electrons. The summed E-state index contributed by atoms with van der Waals surface area (Å²) >= 11 is 0. The smallest absolute Gasteiger partial charge is 0.262 e. The third-order valence-electron chi connectivity index (χ3n) is 5.46. The number of hydrogen-bond donors (Lipinski definition) is 1. The van der Waals surface area contributed by atoms with Gasteiger partial charge in [0.1, 0.15) is 0 Å². The maximum absolute atomic E-state index is 13.3. The molecule has 0 spiro atoms. The summed E-state index contributed by atoms with van der Waals surface area (Å²) in [6.45, 7) is 2.33. The molecule has 0 aromatic heterocycles. The zero-order valence-corrected chi connectivity index (χ0v) is 19.2. The van der Waals surface area contributed by atoms with Crippen molar-refractivity contribution in [2.45, 2.75) is 6.92 Å². The van der Waals surface area contributed by atoms with Crippen molar-refractivity contribution >= 4 is 34.0 Å².